The number of aromatic nitrogens is 2. The lowest BCUT2D eigenvalue weighted by molar-refractivity contribution is 0.0934. The molecule has 0 unspecified atom stereocenters. The minimum atomic E-state index is -10.0. The van der Waals surface area contributed by atoms with Gasteiger partial charge in [-0.1, -0.05) is 25.5 Å². The summed E-state index contributed by atoms with van der Waals surface area (Å²) in [4.78, 5) is 29.1. The van der Waals surface area contributed by atoms with E-state index in [2.05, 4.69) is 15.3 Å². The first-order valence-corrected chi connectivity index (χ1v) is 9.56. The Morgan fingerprint density at radius 2 is 1.79 bits per heavy atom. The van der Waals surface area contributed by atoms with Gasteiger partial charge in [0, 0.05) is 25.7 Å². The van der Waals surface area contributed by atoms with E-state index in [4.69, 9.17) is 0 Å². The number of H-pyrrole nitrogens is 1. The first-order valence-electron chi connectivity index (χ1n) is 7.61. The Kier molecular flexibility index (Phi) is 4.75. The maximum atomic E-state index is 14.0. The van der Waals surface area contributed by atoms with Gasteiger partial charge in [-0.15, -0.1) is 0 Å². The Morgan fingerprint density at radius 3 is 2.29 bits per heavy atom. The molecule has 0 spiro atoms. The molecule has 0 aliphatic heterocycles. The number of rotatable bonds is 5. The molecule has 0 bridgehead atoms. The fraction of sp³-hybridized carbons (Fsp3) is 0.267. The van der Waals surface area contributed by atoms with Crippen LogP contribution in [0.1, 0.15) is 29.0 Å². The molecule has 6 nitrogen and oxygen atoms in total. The fourth-order valence-corrected chi connectivity index (χ4v) is 2.87. The number of benzene rings is 1. The van der Waals surface area contributed by atoms with Gasteiger partial charge in [0.25, 0.3) is 11.5 Å². The van der Waals surface area contributed by atoms with Crippen LogP contribution in [0.4, 0.5) is 29.8 Å². The van der Waals surface area contributed by atoms with Crippen molar-refractivity contribution in [3.63, 3.8) is 0 Å². The highest BCUT2D eigenvalue weighted by atomic mass is 32.5. The van der Waals surface area contributed by atoms with Crippen LogP contribution in [0.3, 0.4) is 0 Å². The second-order valence-electron chi connectivity index (χ2n) is 6.20. The Labute approximate surface area is 155 Å². The number of nitrogens with zero attached hydrogens (tertiary/aromatic N) is 2. The molecule has 1 aromatic heterocycles. The van der Waals surface area contributed by atoms with Crippen LogP contribution >= 0.6 is 10.2 Å². The molecular formula is C15H16F6N4O2S. The van der Waals surface area contributed by atoms with Crippen molar-refractivity contribution < 1.29 is 28.6 Å². The molecule has 0 aliphatic carbocycles. The lowest BCUT2D eigenvalue weighted by Gasteiger charge is -2.40. The maximum absolute atomic E-state index is 14.0. The third-order valence-electron chi connectivity index (χ3n) is 3.62. The van der Waals surface area contributed by atoms with Crippen LogP contribution in [0.25, 0.3) is 0 Å². The molecule has 2 aromatic rings. The predicted molar refractivity (Wildman–Crippen MR) is 92.9 cm³/mol. The van der Waals surface area contributed by atoms with Gasteiger partial charge in [-0.25, -0.2) is 9.37 Å². The zero-order valence-corrected chi connectivity index (χ0v) is 15.6. The maximum Gasteiger partial charge on any atom is 0.310 e. The van der Waals surface area contributed by atoms with Crippen LogP contribution < -0.4 is 15.8 Å². The first kappa shape index (κ1) is 21.6. The second kappa shape index (κ2) is 6.15. The van der Waals surface area contributed by atoms with Crippen LogP contribution in [0, 0.1) is 5.82 Å². The van der Waals surface area contributed by atoms with Gasteiger partial charge in [0.1, 0.15) is 16.4 Å². The minimum absolute atomic E-state index is 0.0538. The van der Waals surface area contributed by atoms with Crippen molar-refractivity contribution in [1.29, 1.82) is 0 Å². The fourth-order valence-electron chi connectivity index (χ4n) is 2.22. The summed E-state index contributed by atoms with van der Waals surface area (Å²) in [6, 6.07) is -0.0518. The number of hydrogen-bond acceptors (Lipinski definition) is 4. The molecule has 2 rings (SSSR count). The van der Waals surface area contributed by atoms with E-state index in [0.29, 0.717) is 6.07 Å². The number of hydrogen-bond donors (Lipinski definition) is 2. The molecule has 0 saturated heterocycles. The molecule has 0 aliphatic rings. The van der Waals surface area contributed by atoms with E-state index in [-0.39, 0.29) is 23.8 Å². The summed E-state index contributed by atoms with van der Waals surface area (Å²) in [6.07, 6.45) is 0. The van der Waals surface area contributed by atoms with E-state index in [9.17, 15) is 33.4 Å². The van der Waals surface area contributed by atoms with Crippen molar-refractivity contribution in [1.82, 2.24) is 15.3 Å². The topological polar surface area (TPSA) is 78.1 Å². The Hall–Kier alpha value is -2.70. The summed E-state index contributed by atoms with van der Waals surface area (Å²) in [6.45, 7) is 1.23. The number of nitrogens with one attached hydrogen (secondary N) is 2. The van der Waals surface area contributed by atoms with Crippen molar-refractivity contribution >= 4 is 22.1 Å². The van der Waals surface area contributed by atoms with Gasteiger partial charge in [-0.05, 0) is 19.1 Å². The highest BCUT2D eigenvalue weighted by Gasteiger charge is 2.65. The predicted octanol–water partition coefficient (Wildman–Crippen LogP) is 4.12. The van der Waals surface area contributed by atoms with Gasteiger partial charge in [0.15, 0.2) is 0 Å². The quantitative estimate of drug-likeness (QED) is 0.700. The van der Waals surface area contributed by atoms with E-state index < -0.39 is 44.0 Å². The number of aromatic amines is 1. The summed E-state index contributed by atoms with van der Waals surface area (Å²) in [7, 11) is -6.91. The van der Waals surface area contributed by atoms with Crippen molar-refractivity contribution in [2.45, 2.75) is 17.9 Å². The molecule has 0 saturated carbocycles. The molecule has 0 radical (unpaired) electrons. The van der Waals surface area contributed by atoms with E-state index in [1.54, 1.807) is 14.1 Å². The van der Waals surface area contributed by atoms with E-state index in [1.807, 2.05) is 0 Å². The average molecular weight is 430 g/mol. The second-order valence-corrected chi connectivity index (χ2v) is 8.61. The summed E-state index contributed by atoms with van der Waals surface area (Å²) < 4.78 is 77.8. The molecule has 1 amide bonds. The van der Waals surface area contributed by atoms with Gasteiger partial charge in [-0.3, -0.25) is 14.6 Å². The van der Waals surface area contributed by atoms with Crippen LogP contribution in [0.5, 0.6) is 0 Å². The summed E-state index contributed by atoms with van der Waals surface area (Å²) in [5.41, 5.74) is -1.40. The molecule has 28 heavy (non-hydrogen) atoms. The van der Waals surface area contributed by atoms with E-state index >= 15 is 0 Å². The van der Waals surface area contributed by atoms with Gasteiger partial charge in [-0.2, -0.15) is 0 Å². The summed E-state index contributed by atoms with van der Waals surface area (Å²) in [5.74, 6) is -2.40. The average Bonchev–Trinajstić information content (AvgIpc) is 2.51. The molecular weight excluding hydrogens is 414 g/mol. The summed E-state index contributed by atoms with van der Waals surface area (Å²) >= 11 is 0. The number of carbonyl (C=O) groups is 1. The van der Waals surface area contributed by atoms with Crippen molar-refractivity contribution in [2.75, 3.05) is 19.0 Å². The van der Waals surface area contributed by atoms with Crippen LogP contribution in [-0.2, 0) is 0 Å². The molecule has 1 atom stereocenters. The summed E-state index contributed by atoms with van der Waals surface area (Å²) in [5, 5.41) is 2.25. The zero-order valence-electron chi connectivity index (χ0n) is 14.8. The molecule has 156 valence electrons. The smallest absolute Gasteiger partial charge is 0.310 e. The number of anilines is 1. The number of carbonyl (C=O) groups excluding carboxylic acids is 1. The monoisotopic (exact) mass is 430 g/mol. The Balaban J connectivity index is 2.30. The lowest BCUT2D eigenvalue weighted by atomic mass is 10.1. The van der Waals surface area contributed by atoms with Gasteiger partial charge in [0.2, 0.25) is 5.95 Å². The molecule has 2 N–H and O–H groups in total. The standard InChI is InChI=1S/C15H16F6N4O2S/c1-8(10-5-4-9(6-11(10)16)28(17,18,19,20)21)22-14(27)12-7-13(26)24-15(23-12)25(2)3/h4-8H,1-3H3,(H,22,27)(H,23,24,26)/t8-/m0/s1. The van der Waals surface area contributed by atoms with Crippen molar-refractivity contribution in [3.05, 3.63) is 51.7 Å². The van der Waals surface area contributed by atoms with Crippen molar-refractivity contribution in [3.8, 4) is 0 Å². The zero-order chi connectivity index (χ0) is 21.6. The lowest BCUT2D eigenvalue weighted by Crippen LogP contribution is -2.30. The third-order valence-corrected chi connectivity index (χ3v) is 4.76. The largest absolute Gasteiger partial charge is 0.348 e. The highest BCUT2D eigenvalue weighted by molar-refractivity contribution is 8.45. The van der Waals surface area contributed by atoms with Crippen molar-refractivity contribution in [2.24, 2.45) is 0 Å². The molecule has 1 aromatic carbocycles. The molecule has 0 fully saturated rings. The Morgan fingerprint density at radius 1 is 1.18 bits per heavy atom. The van der Waals surface area contributed by atoms with Crippen LogP contribution in [-0.4, -0.2) is 30.0 Å². The number of amides is 1. The third kappa shape index (κ3) is 4.97. The molecule has 13 heteroatoms. The highest BCUT2D eigenvalue weighted by Crippen LogP contribution is 3.02. The minimum Gasteiger partial charge on any atom is -0.348 e. The van der Waals surface area contributed by atoms with E-state index in [0.717, 1.165) is 6.07 Å². The van der Waals surface area contributed by atoms with Gasteiger partial charge >= 0.3 is 10.2 Å². The van der Waals surface area contributed by atoms with Gasteiger partial charge < -0.3 is 10.2 Å². The SMILES string of the molecule is C[C@H](NC(=O)c1cc(=O)[nH]c(N(C)C)n1)c1ccc(S(F)(F)(F)(F)F)cc1F. The first-order chi connectivity index (χ1) is 12.5. The normalized spacial score (nSPS) is 15.3. The van der Waals surface area contributed by atoms with E-state index in [1.165, 1.54) is 11.8 Å². The van der Waals surface area contributed by atoms with Gasteiger partial charge in [0.05, 0.1) is 6.04 Å². The Bertz CT molecular complexity index is 991. The van der Waals surface area contributed by atoms with Crippen LogP contribution in [0.15, 0.2) is 34.0 Å². The molecule has 1 heterocycles. The number of halogens is 6. The van der Waals surface area contributed by atoms with Crippen LogP contribution in [0.2, 0.25) is 0 Å².